The minimum atomic E-state index is -0.345. The molecule has 108 valence electrons. The summed E-state index contributed by atoms with van der Waals surface area (Å²) in [6.07, 6.45) is 0. The van der Waals surface area contributed by atoms with Crippen molar-refractivity contribution in [2.75, 3.05) is 5.75 Å². The number of nitrogens with one attached hydrogen (secondary N) is 1. The molecule has 0 aliphatic carbocycles. The molecule has 1 atom stereocenters. The van der Waals surface area contributed by atoms with Crippen LogP contribution in [0.2, 0.25) is 0 Å². The summed E-state index contributed by atoms with van der Waals surface area (Å²) in [6.45, 7) is 9.21. The molecule has 0 fully saturated rings. The number of halogens is 1. The van der Waals surface area contributed by atoms with E-state index < -0.39 is 0 Å². The van der Waals surface area contributed by atoms with Gasteiger partial charge in [-0.2, -0.15) is 11.8 Å². The highest BCUT2D eigenvalue weighted by molar-refractivity contribution is 8.00. The number of hydrogen-bond donors (Lipinski definition) is 2. The van der Waals surface area contributed by atoms with Crippen molar-refractivity contribution in [3.8, 4) is 0 Å². The van der Waals surface area contributed by atoms with Gasteiger partial charge in [0.15, 0.2) is 0 Å². The van der Waals surface area contributed by atoms with Gasteiger partial charge in [0.05, 0.1) is 6.61 Å². The van der Waals surface area contributed by atoms with Gasteiger partial charge in [0.25, 0.3) is 0 Å². The van der Waals surface area contributed by atoms with Gasteiger partial charge in [-0.15, -0.1) is 0 Å². The van der Waals surface area contributed by atoms with Crippen LogP contribution in [0.4, 0.5) is 4.39 Å². The van der Waals surface area contributed by atoms with Crippen LogP contribution in [0, 0.1) is 5.82 Å². The number of rotatable bonds is 6. The normalized spacial score (nSPS) is 13.6. The lowest BCUT2D eigenvalue weighted by atomic mass is 10.1. The Balaban J connectivity index is 2.44. The highest BCUT2D eigenvalue weighted by atomic mass is 32.2. The van der Waals surface area contributed by atoms with E-state index >= 15 is 0 Å². The van der Waals surface area contributed by atoms with E-state index in [9.17, 15) is 4.39 Å². The van der Waals surface area contributed by atoms with Crippen molar-refractivity contribution >= 4 is 11.8 Å². The molecule has 1 rings (SSSR count). The Morgan fingerprint density at radius 3 is 2.63 bits per heavy atom. The molecule has 1 aromatic carbocycles. The number of benzene rings is 1. The first kappa shape index (κ1) is 16.5. The monoisotopic (exact) mass is 285 g/mol. The van der Waals surface area contributed by atoms with Crippen LogP contribution < -0.4 is 5.32 Å². The van der Waals surface area contributed by atoms with Gasteiger partial charge in [-0.25, -0.2) is 4.39 Å². The van der Waals surface area contributed by atoms with Crippen LogP contribution in [0.25, 0.3) is 0 Å². The van der Waals surface area contributed by atoms with Gasteiger partial charge < -0.3 is 10.4 Å². The molecule has 0 bridgehead atoms. The van der Waals surface area contributed by atoms with Crippen LogP contribution in [-0.2, 0) is 13.2 Å². The zero-order chi connectivity index (χ0) is 14.5. The van der Waals surface area contributed by atoms with Gasteiger partial charge in [-0.05, 0) is 24.6 Å². The van der Waals surface area contributed by atoms with Gasteiger partial charge in [-0.1, -0.05) is 26.8 Å². The fourth-order valence-corrected chi connectivity index (χ4v) is 2.45. The van der Waals surface area contributed by atoms with Crippen molar-refractivity contribution < 1.29 is 9.50 Å². The van der Waals surface area contributed by atoms with Crippen LogP contribution in [0.1, 0.15) is 38.8 Å². The second kappa shape index (κ2) is 7.27. The fraction of sp³-hybridized carbons (Fsp3) is 0.600. The summed E-state index contributed by atoms with van der Waals surface area (Å²) in [4.78, 5) is 0. The van der Waals surface area contributed by atoms with Crippen molar-refractivity contribution in [1.82, 2.24) is 5.32 Å². The maximum Gasteiger partial charge on any atom is 0.128 e. The van der Waals surface area contributed by atoms with E-state index in [1.54, 1.807) is 12.1 Å². The zero-order valence-electron chi connectivity index (χ0n) is 12.2. The number of aliphatic hydroxyl groups is 1. The van der Waals surface area contributed by atoms with Gasteiger partial charge in [0, 0.05) is 28.6 Å². The molecular weight excluding hydrogens is 261 g/mol. The third-order valence-electron chi connectivity index (χ3n) is 2.70. The summed E-state index contributed by atoms with van der Waals surface area (Å²) in [6, 6.07) is 5.28. The Hall–Kier alpha value is -0.580. The van der Waals surface area contributed by atoms with Crippen LogP contribution in [0.5, 0.6) is 0 Å². The van der Waals surface area contributed by atoms with Crippen LogP contribution in [0.15, 0.2) is 18.2 Å². The minimum absolute atomic E-state index is 0.255. The van der Waals surface area contributed by atoms with Crippen molar-refractivity contribution in [2.45, 2.75) is 51.6 Å². The Morgan fingerprint density at radius 1 is 1.37 bits per heavy atom. The summed E-state index contributed by atoms with van der Waals surface area (Å²) in [5.41, 5.74) is 1.36. The molecule has 0 aromatic heterocycles. The Bertz CT molecular complexity index is 404. The summed E-state index contributed by atoms with van der Waals surface area (Å²) in [7, 11) is 0. The van der Waals surface area contributed by atoms with E-state index in [4.69, 9.17) is 5.11 Å². The van der Waals surface area contributed by atoms with E-state index in [0.29, 0.717) is 18.2 Å². The van der Waals surface area contributed by atoms with E-state index in [0.717, 1.165) is 11.3 Å². The van der Waals surface area contributed by atoms with Crippen LogP contribution in [0.3, 0.4) is 0 Å². The third kappa shape index (κ3) is 6.41. The van der Waals surface area contributed by atoms with Crippen molar-refractivity contribution in [3.05, 3.63) is 35.1 Å². The lowest BCUT2D eigenvalue weighted by Gasteiger charge is -2.21. The molecule has 2 nitrogen and oxygen atoms in total. The first-order chi connectivity index (χ1) is 8.81. The highest BCUT2D eigenvalue weighted by Gasteiger charge is 2.12. The summed E-state index contributed by atoms with van der Waals surface area (Å²) >= 11 is 1.92. The third-order valence-corrected chi connectivity index (χ3v) is 4.23. The predicted molar refractivity (Wildman–Crippen MR) is 80.8 cm³/mol. The molecule has 0 saturated heterocycles. The summed E-state index contributed by atoms with van der Waals surface area (Å²) in [5.74, 6) is 0.694. The average Bonchev–Trinajstić information content (AvgIpc) is 2.34. The molecule has 0 amide bonds. The number of hydrogen-bond acceptors (Lipinski definition) is 3. The molecule has 19 heavy (non-hydrogen) atoms. The molecule has 4 heteroatoms. The lowest BCUT2D eigenvalue weighted by Crippen LogP contribution is -2.29. The maximum absolute atomic E-state index is 13.2. The van der Waals surface area contributed by atoms with E-state index in [2.05, 4.69) is 33.0 Å². The molecule has 1 aromatic rings. The molecule has 0 aliphatic heterocycles. The van der Waals surface area contributed by atoms with Gasteiger partial charge >= 0.3 is 0 Å². The summed E-state index contributed by atoms with van der Waals surface area (Å²) < 4.78 is 13.5. The molecule has 1 unspecified atom stereocenters. The lowest BCUT2D eigenvalue weighted by molar-refractivity contribution is 0.275. The van der Waals surface area contributed by atoms with Gasteiger partial charge in [0.1, 0.15) is 5.82 Å². The van der Waals surface area contributed by atoms with E-state index in [-0.39, 0.29) is 17.2 Å². The molecule has 2 N–H and O–H groups in total. The highest BCUT2D eigenvalue weighted by Crippen LogP contribution is 2.23. The maximum atomic E-state index is 13.2. The van der Waals surface area contributed by atoms with Gasteiger partial charge in [0.2, 0.25) is 0 Å². The molecule has 0 heterocycles. The molecular formula is C15H24FNOS. The predicted octanol–water partition coefficient (Wildman–Crippen LogP) is 3.33. The first-order valence-corrected chi connectivity index (χ1v) is 7.56. The summed E-state index contributed by atoms with van der Waals surface area (Å²) in [5, 5.41) is 12.4. The number of aliphatic hydroxyl groups excluding tert-OH is 1. The quantitative estimate of drug-likeness (QED) is 0.841. The first-order valence-electron chi connectivity index (χ1n) is 6.57. The van der Waals surface area contributed by atoms with E-state index in [1.165, 1.54) is 6.07 Å². The topological polar surface area (TPSA) is 32.3 Å². The smallest absolute Gasteiger partial charge is 0.128 e. The second-order valence-corrected chi connectivity index (χ2v) is 7.64. The Morgan fingerprint density at radius 2 is 2.05 bits per heavy atom. The Kier molecular flexibility index (Phi) is 6.30. The molecule has 0 spiro atoms. The molecule has 0 saturated carbocycles. The van der Waals surface area contributed by atoms with Gasteiger partial charge in [-0.3, -0.25) is 0 Å². The molecule has 0 radical (unpaired) electrons. The number of thioether (sulfide) groups is 1. The largest absolute Gasteiger partial charge is 0.392 e. The standard InChI is InChI=1S/C15H24FNOS/c1-11(10-19-15(2,3)4)17-8-12-5-6-14(16)13(7-12)9-18/h5-7,11,17-18H,8-10H2,1-4H3. The zero-order valence-corrected chi connectivity index (χ0v) is 13.0. The van der Waals surface area contributed by atoms with Crippen molar-refractivity contribution in [2.24, 2.45) is 0 Å². The average molecular weight is 285 g/mol. The van der Waals surface area contributed by atoms with Crippen LogP contribution in [-0.4, -0.2) is 21.6 Å². The van der Waals surface area contributed by atoms with E-state index in [1.807, 2.05) is 11.8 Å². The SMILES string of the molecule is CC(CSC(C)(C)C)NCc1ccc(F)c(CO)c1. The Labute approximate surface area is 119 Å². The second-order valence-electron chi connectivity index (χ2n) is 5.79. The van der Waals surface area contributed by atoms with Crippen LogP contribution >= 0.6 is 11.8 Å². The fourth-order valence-electron chi connectivity index (χ4n) is 1.59. The van der Waals surface area contributed by atoms with Crippen molar-refractivity contribution in [1.29, 1.82) is 0 Å². The molecule has 0 aliphatic rings. The minimum Gasteiger partial charge on any atom is -0.392 e. The van der Waals surface area contributed by atoms with Crippen molar-refractivity contribution in [3.63, 3.8) is 0 Å².